The maximum absolute atomic E-state index is 11.4. The molecule has 0 unspecified atom stereocenters. The molecule has 6 nitrogen and oxygen atoms in total. The van der Waals surface area contributed by atoms with E-state index in [4.69, 9.17) is 0 Å². The van der Waals surface area contributed by atoms with Crippen molar-refractivity contribution in [3.63, 3.8) is 0 Å². The van der Waals surface area contributed by atoms with Gasteiger partial charge in [0.05, 0.1) is 0 Å². The summed E-state index contributed by atoms with van der Waals surface area (Å²) in [5.41, 5.74) is 1.16. The van der Waals surface area contributed by atoms with Gasteiger partial charge in [-0.25, -0.2) is 9.97 Å². The van der Waals surface area contributed by atoms with Gasteiger partial charge in [-0.05, 0) is 13.3 Å². The number of rotatable bonds is 4. The van der Waals surface area contributed by atoms with Gasteiger partial charge in [0, 0.05) is 45.2 Å². The molecule has 1 fully saturated rings. The Morgan fingerprint density at radius 1 is 1.25 bits per heavy atom. The van der Waals surface area contributed by atoms with Gasteiger partial charge in [0.2, 0.25) is 5.91 Å². The van der Waals surface area contributed by atoms with Crippen molar-refractivity contribution in [3.8, 4) is 0 Å². The van der Waals surface area contributed by atoms with Crippen LogP contribution in [0.5, 0.6) is 0 Å². The molecule has 1 aliphatic rings. The van der Waals surface area contributed by atoms with E-state index in [9.17, 15) is 4.79 Å². The van der Waals surface area contributed by atoms with Gasteiger partial charge < -0.3 is 15.1 Å². The van der Waals surface area contributed by atoms with E-state index in [-0.39, 0.29) is 5.91 Å². The van der Waals surface area contributed by atoms with E-state index in [2.05, 4.69) is 34.0 Å². The van der Waals surface area contributed by atoms with Gasteiger partial charge >= 0.3 is 0 Å². The minimum absolute atomic E-state index is 0.149. The first-order chi connectivity index (χ1) is 9.67. The molecule has 0 spiro atoms. The Balaban J connectivity index is 2.17. The summed E-state index contributed by atoms with van der Waals surface area (Å²) < 4.78 is 0. The van der Waals surface area contributed by atoms with Gasteiger partial charge in [-0.15, -0.1) is 0 Å². The monoisotopic (exact) mass is 277 g/mol. The Labute approximate surface area is 120 Å². The molecule has 0 aliphatic carbocycles. The van der Waals surface area contributed by atoms with Crippen LogP contribution in [0.15, 0.2) is 6.33 Å². The lowest BCUT2D eigenvalue weighted by molar-refractivity contribution is -0.129. The smallest absolute Gasteiger partial charge is 0.219 e. The van der Waals surface area contributed by atoms with Crippen LogP contribution >= 0.6 is 0 Å². The Morgan fingerprint density at radius 3 is 2.50 bits per heavy atom. The van der Waals surface area contributed by atoms with E-state index in [1.165, 1.54) is 0 Å². The van der Waals surface area contributed by atoms with Crippen LogP contribution in [0, 0.1) is 0 Å². The molecule has 1 saturated heterocycles. The molecule has 1 aromatic heterocycles. The average molecular weight is 277 g/mol. The Morgan fingerprint density at radius 2 is 1.95 bits per heavy atom. The van der Waals surface area contributed by atoms with Crippen LogP contribution in [0.4, 0.5) is 11.6 Å². The normalized spacial score (nSPS) is 15.3. The number of carbonyl (C=O) groups excluding carboxylic acids is 1. The predicted molar refractivity (Wildman–Crippen MR) is 80.0 cm³/mol. The highest BCUT2D eigenvalue weighted by Crippen LogP contribution is 2.24. The van der Waals surface area contributed by atoms with Gasteiger partial charge in [0.1, 0.15) is 18.0 Å². The second kappa shape index (κ2) is 6.54. The zero-order chi connectivity index (χ0) is 14.5. The average Bonchev–Trinajstić information content (AvgIpc) is 2.47. The summed E-state index contributed by atoms with van der Waals surface area (Å²) in [5, 5.41) is 3.29. The van der Waals surface area contributed by atoms with Crippen molar-refractivity contribution < 1.29 is 4.79 Å². The largest absolute Gasteiger partial charge is 0.370 e. The SMILES string of the molecule is CCNc1ncnc(N2CCN(C(C)=O)CC2)c1CC. The fraction of sp³-hybridized carbons (Fsp3) is 0.643. The van der Waals surface area contributed by atoms with E-state index in [0.29, 0.717) is 0 Å². The van der Waals surface area contributed by atoms with E-state index in [0.717, 1.165) is 56.3 Å². The molecule has 110 valence electrons. The molecular weight excluding hydrogens is 254 g/mol. The van der Waals surface area contributed by atoms with E-state index < -0.39 is 0 Å². The van der Waals surface area contributed by atoms with Crippen LogP contribution in [-0.4, -0.2) is 53.5 Å². The molecule has 0 atom stereocenters. The van der Waals surface area contributed by atoms with Crippen molar-refractivity contribution in [2.45, 2.75) is 27.2 Å². The number of aromatic nitrogens is 2. The maximum Gasteiger partial charge on any atom is 0.219 e. The molecule has 6 heteroatoms. The van der Waals surface area contributed by atoms with Gasteiger partial charge in [-0.1, -0.05) is 6.92 Å². The Hall–Kier alpha value is -1.85. The zero-order valence-corrected chi connectivity index (χ0v) is 12.5. The van der Waals surface area contributed by atoms with Crippen LogP contribution < -0.4 is 10.2 Å². The van der Waals surface area contributed by atoms with Crippen LogP contribution in [0.25, 0.3) is 0 Å². The highest BCUT2D eigenvalue weighted by molar-refractivity contribution is 5.73. The third-order valence-corrected chi connectivity index (χ3v) is 3.64. The topological polar surface area (TPSA) is 61.4 Å². The Kier molecular flexibility index (Phi) is 4.76. The Bertz CT molecular complexity index is 469. The first kappa shape index (κ1) is 14.6. The van der Waals surface area contributed by atoms with Gasteiger partial charge in [-0.2, -0.15) is 0 Å². The second-order valence-electron chi connectivity index (χ2n) is 4.90. The number of amides is 1. The summed E-state index contributed by atoms with van der Waals surface area (Å²) >= 11 is 0. The van der Waals surface area contributed by atoms with Crippen molar-refractivity contribution in [2.75, 3.05) is 42.9 Å². The molecule has 0 saturated carbocycles. The molecule has 0 radical (unpaired) electrons. The van der Waals surface area contributed by atoms with Gasteiger partial charge in [-0.3, -0.25) is 4.79 Å². The number of piperazine rings is 1. The molecule has 1 N–H and O–H groups in total. The molecule has 1 aliphatic heterocycles. The summed E-state index contributed by atoms with van der Waals surface area (Å²) in [6.45, 7) is 9.84. The fourth-order valence-corrected chi connectivity index (χ4v) is 2.55. The molecule has 20 heavy (non-hydrogen) atoms. The van der Waals surface area contributed by atoms with Crippen LogP contribution in [-0.2, 0) is 11.2 Å². The number of nitrogens with one attached hydrogen (secondary N) is 1. The minimum atomic E-state index is 0.149. The lowest BCUT2D eigenvalue weighted by atomic mass is 10.2. The number of hydrogen-bond acceptors (Lipinski definition) is 5. The van der Waals surface area contributed by atoms with E-state index in [1.54, 1.807) is 13.3 Å². The summed E-state index contributed by atoms with van der Waals surface area (Å²) in [4.78, 5) is 24.3. The van der Waals surface area contributed by atoms with Crippen LogP contribution in [0.3, 0.4) is 0 Å². The van der Waals surface area contributed by atoms with Crippen molar-refractivity contribution in [1.29, 1.82) is 0 Å². The van der Waals surface area contributed by atoms with Crippen molar-refractivity contribution >= 4 is 17.5 Å². The maximum atomic E-state index is 11.4. The summed E-state index contributed by atoms with van der Waals surface area (Å²) in [6.07, 6.45) is 2.51. The highest BCUT2D eigenvalue weighted by Gasteiger charge is 2.22. The van der Waals surface area contributed by atoms with E-state index in [1.807, 2.05) is 4.90 Å². The van der Waals surface area contributed by atoms with E-state index >= 15 is 0 Å². The molecule has 1 aromatic rings. The lowest BCUT2D eigenvalue weighted by Gasteiger charge is -2.35. The summed E-state index contributed by atoms with van der Waals surface area (Å²) in [5.74, 6) is 2.08. The first-order valence-corrected chi connectivity index (χ1v) is 7.25. The summed E-state index contributed by atoms with van der Waals surface area (Å²) in [7, 11) is 0. The van der Waals surface area contributed by atoms with Crippen LogP contribution in [0.2, 0.25) is 0 Å². The summed E-state index contributed by atoms with van der Waals surface area (Å²) in [6, 6.07) is 0. The van der Waals surface area contributed by atoms with Gasteiger partial charge in [0.25, 0.3) is 0 Å². The zero-order valence-electron chi connectivity index (χ0n) is 12.5. The third-order valence-electron chi connectivity index (χ3n) is 3.64. The standard InChI is InChI=1S/C14H23N5O/c1-4-12-13(15-5-2)16-10-17-14(12)19-8-6-18(7-9-19)11(3)20/h10H,4-9H2,1-3H3,(H,15,16,17). The number of nitrogens with zero attached hydrogens (tertiary/aromatic N) is 4. The number of hydrogen-bond donors (Lipinski definition) is 1. The predicted octanol–water partition coefficient (Wildman–Crippen LogP) is 1.14. The van der Waals surface area contributed by atoms with Gasteiger partial charge in [0.15, 0.2) is 0 Å². The minimum Gasteiger partial charge on any atom is -0.370 e. The van der Waals surface area contributed by atoms with Crippen molar-refractivity contribution in [1.82, 2.24) is 14.9 Å². The lowest BCUT2D eigenvalue weighted by Crippen LogP contribution is -2.48. The molecule has 2 rings (SSSR count). The molecule has 1 amide bonds. The second-order valence-corrected chi connectivity index (χ2v) is 4.90. The third kappa shape index (κ3) is 3.00. The van der Waals surface area contributed by atoms with Crippen molar-refractivity contribution in [2.24, 2.45) is 0 Å². The highest BCUT2D eigenvalue weighted by atomic mass is 16.2. The fourth-order valence-electron chi connectivity index (χ4n) is 2.55. The van der Waals surface area contributed by atoms with Crippen LogP contribution in [0.1, 0.15) is 26.3 Å². The molecular formula is C14H23N5O. The molecule has 2 heterocycles. The number of anilines is 2. The quantitative estimate of drug-likeness (QED) is 0.894. The molecule has 0 aromatic carbocycles. The molecule has 0 bridgehead atoms. The first-order valence-electron chi connectivity index (χ1n) is 7.25. The number of carbonyl (C=O) groups is 1. The van der Waals surface area contributed by atoms with Crippen molar-refractivity contribution in [3.05, 3.63) is 11.9 Å².